The molecule has 0 saturated heterocycles. The number of carbonyl (C=O) groups excluding carboxylic acids is 1. The largest absolute Gasteiger partial charge is 0.351 e. The molecule has 0 aliphatic rings. The van der Waals surface area contributed by atoms with Crippen molar-refractivity contribution in [2.24, 2.45) is 5.92 Å². The highest BCUT2D eigenvalue weighted by Gasteiger charge is 2.23. The number of amides is 1. The minimum absolute atomic E-state index is 0.113. The molecule has 1 amide bonds. The number of halogens is 2. The number of aryl methyl sites for hydroxylation is 1. The topological polar surface area (TPSA) is 86.0 Å². The lowest BCUT2D eigenvalue weighted by Crippen LogP contribution is -2.49. The van der Waals surface area contributed by atoms with E-state index in [1.54, 1.807) is 30.7 Å². The molecule has 1 heterocycles. The van der Waals surface area contributed by atoms with Crippen molar-refractivity contribution in [3.8, 4) is 6.07 Å². The first-order chi connectivity index (χ1) is 20.6. The monoisotopic (exact) mass is 632 g/mol. The van der Waals surface area contributed by atoms with Gasteiger partial charge in [0.05, 0.1) is 34.4 Å². The molecule has 43 heavy (non-hydrogen) atoms. The van der Waals surface area contributed by atoms with Crippen LogP contribution in [0.25, 0.3) is 0 Å². The fraction of sp³-hybridized carbons (Fsp3) is 0.273. The van der Waals surface area contributed by atoms with Gasteiger partial charge in [0, 0.05) is 43.3 Å². The fourth-order valence-corrected chi connectivity index (χ4v) is 5.17. The third-order valence-corrected chi connectivity index (χ3v) is 8.35. The van der Waals surface area contributed by atoms with E-state index >= 15 is 0 Å². The second-order valence-corrected chi connectivity index (χ2v) is 12.0. The number of nitrogens with zero attached hydrogens (tertiary/aromatic N) is 4. The van der Waals surface area contributed by atoms with E-state index in [0.29, 0.717) is 40.4 Å². The van der Waals surface area contributed by atoms with Crippen molar-refractivity contribution in [1.29, 1.82) is 5.26 Å². The molecule has 0 saturated carbocycles. The highest BCUT2D eigenvalue weighted by Crippen LogP contribution is 2.27. The van der Waals surface area contributed by atoms with Crippen LogP contribution in [0.1, 0.15) is 41.8 Å². The van der Waals surface area contributed by atoms with Gasteiger partial charge in [-0.2, -0.15) is 5.26 Å². The number of nitrogens with one attached hydrogen (secondary N) is 2. The number of aromatic nitrogens is 2. The molecule has 0 spiro atoms. The van der Waals surface area contributed by atoms with Crippen molar-refractivity contribution < 1.29 is 4.79 Å². The number of carbonyl (C=O) groups is 1. The average Bonchev–Trinajstić information content (AvgIpc) is 3.41. The van der Waals surface area contributed by atoms with Gasteiger partial charge in [0.1, 0.15) is 0 Å². The number of benzene rings is 3. The predicted octanol–water partition coefficient (Wildman–Crippen LogP) is 7.00. The SMILES string of the molecule is Cc1ccc(NC(=S)N(Cc2cccc(Cl)c2Cl)C[C@@H](NC(=O)Cc2cncn2Cc2ccc(C#N)cc2)C(C)C)cc1. The van der Waals surface area contributed by atoms with Crippen LogP contribution in [-0.2, 0) is 24.3 Å². The number of thiocarbonyl (C=S) groups is 1. The van der Waals surface area contributed by atoms with Crippen LogP contribution in [0, 0.1) is 24.2 Å². The van der Waals surface area contributed by atoms with E-state index in [1.807, 2.05) is 64.9 Å². The first-order valence-corrected chi connectivity index (χ1v) is 15.1. The van der Waals surface area contributed by atoms with Crippen LogP contribution in [0.2, 0.25) is 10.0 Å². The summed E-state index contributed by atoms with van der Waals surface area (Å²) in [4.78, 5) is 19.6. The number of hydrogen-bond acceptors (Lipinski definition) is 4. The lowest BCUT2D eigenvalue weighted by atomic mass is 10.0. The summed E-state index contributed by atoms with van der Waals surface area (Å²) in [5.74, 6) is 0.00504. The second kappa shape index (κ2) is 15.0. The molecule has 2 N–H and O–H groups in total. The van der Waals surface area contributed by atoms with Gasteiger partial charge in [0.15, 0.2) is 5.11 Å². The van der Waals surface area contributed by atoms with Crippen LogP contribution in [0.15, 0.2) is 79.3 Å². The summed E-state index contributed by atoms with van der Waals surface area (Å²) in [7, 11) is 0. The Morgan fingerprint density at radius 1 is 1.09 bits per heavy atom. The van der Waals surface area contributed by atoms with Gasteiger partial charge in [-0.15, -0.1) is 0 Å². The Hall–Kier alpha value is -3.90. The van der Waals surface area contributed by atoms with Crippen molar-refractivity contribution in [1.82, 2.24) is 19.8 Å². The minimum Gasteiger partial charge on any atom is -0.351 e. The molecule has 4 rings (SSSR count). The van der Waals surface area contributed by atoms with Crippen LogP contribution in [0.4, 0.5) is 5.69 Å². The summed E-state index contributed by atoms with van der Waals surface area (Å²) in [6, 6.07) is 22.8. The minimum atomic E-state index is -0.210. The molecule has 0 fully saturated rings. The van der Waals surface area contributed by atoms with E-state index < -0.39 is 0 Å². The van der Waals surface area contributed by atoms with E-state index in [0.717, 1.165) is 28.1 Å². The summed E-state index contributed by atoms with van der Waals surface area (Å²) in [5, 5.41) is 17.1. The zero-order valence-corrected chi connectivity index (χ0v) is 26.7. The summed E-state index contributed by atoms with van der Waals surface area (Å²) >= 11 is 18.7. The van der Waals surface area contributed by atoms with Gasteiger partial charge in [-0.1, -0.05) is 79.0 Å². The average molecular weight is 634 g/mol. The smallest absolute Gasteiger partial charge is 0.226 e. The zero-order valence-electron chi connectivity index (χ0n) is 24.3. The van der Waals surface area contributed by atoms with Gasteiger partial charge in [-0.3, -0.25) is 4.79 Å². The van der Waals surface area contributed by atoms with Crippen molar-refractivity contribution in [3.63, 3.8) is 0 Å². The second-order valence-electron chi connectivity index (χ2n) is 10.8. The Morgan fingerprint density at radius 2 is 1.81 bits per heavy atom. The summed E-state index contributed by atoms with van der Waals surface area (Å²) in [5.41, 5.74) is 5.28. The first kappa shape index (κ1) is 32.0. The number of imidazole rings is 1. The van der Waals surface area contributed by atoms with Crippen LogP contribution < -0.4 is 10.6 Å². The quantitative estimate of drug-likeness (QED) is 0.173. The molecule has 222 valence electrons. The van der Waals surface area contributed by atoms with E-state index in [-0.39, 0.29) is 24.3 Å². The number of nitriles is 1. The molecule has 10 heteroatoms. The third kappa shape index (κ3) is 9.04. The van der Waals surface area contributed by atoms with Crippen molar-refractivity contribution in [3.05, 3.63) is 117 Å². The van der Waals surface area contributed by atoms with Gasteiger partial charge < -0.3 is 20.1 Å². The van der Waals surface area contributed by atoms with E-state index in [2.05, 4.69) is 35.5 Å². The molecule has 0 bridgehead atoms. The molecule has 0 unspecified atom stereocenters. The van der Waals surface area contributed by atoms with Gasteiger partial charge in [-0.25, -0.2) is 4.98 Å². The van der Waals surface area contributed by atoms with Gasteiger partial charge in [0.25, 0.3) is 0 Å². The lowest BCUT2D eigenvalue weighted by Gasteiger charge is -2.33. The number of rotatable bonds is 11. The van der Waals surface area contributed by atoms with Crippen LogP contribution >= 0.6 is 35.4 Å². The van der Waals surface area contributed by atoms with E-state index in [9.17, 15) is 4.79 Å². The molecule has 0 aliphatic heterocycles. The summed E-state index contributed by atoms with van der Waals surface area (Å²) in [6.45, 7) is 7.59. The summed E-state index contributed by atoms with van der Waals surface area (Å²) in [6.07, 6.45) is 3.60. The van der Waals surface area contributed by atoms with Crippen molar-refractivity contribution in [2.75, 3.05) is 11.9 Å². The maximum absolute atomic E-state index is 13.4. The number of anilines is 1. The molecule has 1 aromatic heterocycles. The third-order valence-electron chi connectivity index (χ3n) is 7.13. The summed E-state index contributed by atoms with van der Waals surface area (Å²) < 4.78 is 1.94. The number of hydrogen-bond donors (Lipinski definition) is 2. The van der Waals surface area contributed by atoms with Crippen molar-refractivity contribution >= 4 is 52.1 Å². The Bertz CT molecular complexity index is 1600. The van der Waals surface area contributed by atoms with E-state index in [4.69, 9.17) is 40.7 Å². The fourth-order valence-electron chi connectivity index (χ4n) is 4.54. The maximum Gasteiger partial charge on any atom is 0.226 e. The molecular weight excluding hydrogens is 599 g/mol. The molecule has 7 nitrogen and oxygen atoms in total. The highest BCUT2D eigenvalue weighted by molar-refractivity contribution is 7.80. The van der Waals surface area contributed by atoms with E-state index in [1.165, 1.54) is 0 Å². The Morgan fingerprint density at radius 3 is 2.49 bits per heavy atom. The standard InChI is InChI=1S/C33H34Cl2N6OS/c1-22(2)30(39-31(42)15-28-17-37-21-41(28)18-25-11-9-24(16-36)10-12-25)20-40(19-26-5-4-6-29(34)32(26)35)33(43)38-27-13-7-23(3)8-14-27/h4-14,17,21-22,30H,15,18-20H2,1-3H3,(H,38,43)(H,39,42)/t30-/m1/s1. The Labute approximate surface area is 268 Å². The molecule has 1 atom stereocenters. The van der Waals surface area contributed by atoms with Gasteiger partial charge in [-0.05, 0) is 66.5 Å². The first-order valence-electron chi connectivity index (χ1n) is 14.0. The molecule has 0 radical (unpaired) electrons. The lowest BCUT2D eigenvalue weighted by molar-refractivity contribution is -0.121. The molecule has 3 aromatic carbocycles. The van der Waals surface area contributed by atoms with Crippen LogP contribution in [-0.4, -0.2) is 38.1 Å². The van der Waals surface area contributed by atoms with Crippen molar-refractivity contribution in [2.45, 2.75) is 46.3 Å². The highest BCUT2D eigenvalue weighted by atomic mass is 35.5. The molecule has 4 aromatic rings. The normalized spacial score (nSPS) is 11.6. The maximum atomic E-state index is 13.4. The van der Waals surface area contributed by atoms with Gasteiger partial charge in [0.2, 0.25) is 5.91 Å². The van der Waals surface area contributed by atoms with Gasteiger partial charge >= 0.3 is 0 Å². The zero-order chi connectivity index (χ0) is 30.9. The molecular formula is C33H34Cl2N6OS. The van der Waals surface area contributed by atoms with Crippen LogP contribution in [0.3, 0.4) is 0 Å². The van der Waals surface area contributed by atoms with Crippen LogP contribution in [0.5, 0.6) is 0 Å². The Balaban J connectivity index is 1.48. The molecule has 0 aliphatic carbocycles. The Kier molecular flexibility index (Phi) is 11.2. The predicted molar refractivity (Wildman–Crippen MR) is 177 cm³/mol.